The third-order valence-electron chi connectivity index (χ3n) is 7.05. The minimum atomic E-state index is -4.03. The Morgan fingerprint density at radius 3 is 2.67 bits per heavy atom. The number of nitrogens with one attached hydrogen (secondary N) is 1. The summed E-state index contributed by atoms with van der Waals surface area (Å²) >= 11 is 0. The average Bonchev–Trinajstić information content (AvgIpc) is 3.34. The van der Waals surface area contributed by atoms with Crippen LogP contribution in [0.25, 0.3) is 11.3 Å². The van der Waals surface area contributed by atoms with Crippen LogP contribution in [-0.4, -0.2) is 59.9 Å². The van der Waals surface area contributed by atoms with Crippen LogP contribution in [-0.2, 0) is 21.2 Å². The smallest absolute Gasteiger partial charge is 0.322 e. The zero-order chi connectivity index (χ0) is 25.9. The number of rotatable bonds is 9. The first-order chi connectivity index (χ1) is 17.1. The van der Waals surface area contributed by atoms with Crippen molar-refractivity contribution in [1.29, 1.82) is 0 Å². The van der Waals surface area contributed by atoms with E-state index in [-0.39, 0.29) is 30.3 Å². The van der Waals surface area contributed by atoms with Gasteiger partial charge in [0.1, 0.15) is 6.04 Å². The first-order valence-corrected chi connectivity index (χ1v) is 13.9. The van der Waals surface area contributed by atoms with Crippen LogP contribution in [0.3, 0.4) is 0 Å². The van der Waals surface area contributed by atoms with Crippen LogP contribution in [0.4, 0.5) is 8.78 Å². The molecule has 2 aromatic rings. The second-order valence-corrected chi connectivity index (χ2v) is 11.7. The van der Waals surface area contributed by atoms with Gasteiger partial charge in [0.05, 0.1) is 10.6 Å². The van der Waals surface area contributed by atoms with Crippen molar-refractivity contribution in [1.82, 2.24) is 14.6 Å². The van der Waals surface area contributed by atoms with Gasteiger partial charge in [-0.2, -0.15) is 4.31 Å². The highest BCUT2D eigenvalue weighted by Crippen LogP contribution is 2.34. The number of alkyl halides is 2. The molecule has 0 amide bonds. The van der Waals surface area contributed by atoms with Crippen molar-refractivity contribution >= 4 is 16.0 Å². The molecule has 1 saturated heterocycles. The second kappa shape index (κ2) is 10.9. The monoisotopic (exact) mass is 521 g/mol. The predicted molar refractivity (Wildman–Crippen MR) is 132 cm³/mol. The predicted octanol–water partition coefficient (Wildman–Crippen LogP) is 4.39. The molecule has 10 heteroatoms. The fourth-order valence-electron chi connectivity index (χ4n) is 5.06. The standard InChI is InChI=1S/C26H33F2N3O4S/c1-18-9-10-24(36(34,35)31-16-4-8-23(31)25(32)33)21(17-18)22-7-2-5-20(30-22)6-3-15-29-19-11-13-26(27,28)14-12-19/h2,5,7,9-10,17,19,23,29H,3-4,6,8,11-16H2,1H3,(H,32,33)/t23-/m0/s1. The van der Waals surface area contributed by atoms with Crippen molar-refractivity contribution in [2.45, 2.75) is 81.2 Å². The molecule has 196 valence electrons. The lowest BCUT2D eigenvalue weighted by molar-refractivity contribution is -0.140. The Morgan fingerprint density at radius 1 is 1.19 bits per heavy atom. The van der Waals surface area contributed by atoms with Gasteiger partial charge in [-0.3, -0.25) is 9.78 Å². The van der Waals surface area contributed by atoms with Crippen molar-refractivity contribution in [3.8, 4) is 11.3 Å². The normalized spacial score (nSPS) is 21.0. The summed E-state index contributed by atoms with van der Waals surface area (Å²) in [6.45, 7) is 2.73. The van der Waals surface area contributed by atoms with Crippen LogP contribution in [0.5, 0.6) is 0 Å². The molecule has 1 aromatic carbocycles. The highest BCUT2D eigenvalue weighted by atomic mass is 32.2. The maximum atomic E-state index is 13.5. The summed E-state index contributed by atoms with van der Waals surface area (Å²) in [6.07, 6.45) is 3.04. The maximum Gasteiger partial charge on any atom is 0.322 e. The van der Waals surface area contributed by atoms with E-state index in [0.717, 1.165) is 22.0 Å². The molecular weight excluding hydrogens is 488 g/mol. The van der Waals surface area contributed by atoms with Crippen LogP contribution in [0.2, 0.25) is 0 Å². The SMILES string of the molecule is Cc1ccc(S(=O)(=O)N2CCC[C@H]2C(=O)O)c(-c2cccc(CCCNC3CCC(F)(F)CC3)n2)c1. The second-order valence-electron chi connectivity index (χ2n) is 9.81. The Bertz CT molecular complexity index is 1200. The van der Waals surface area contributed by atoms with Crippen LogP contribution in [0, 0.1) is 6.92 Å². The van der Waals surface area contributed by atoms with Crippen molar-refractivity contribution in [3.63, 3.8) is 0 Å². The van der Waals surface area contributed by atoms with Gasteiger partial charge in [-0.15, -0.1) is 0 Å². The Kier molecular flexibility index (Phi) is 8.06. The summed E-state index contributed by atoms with van der Waals surface area (Å²) in [5.74, 6) is -3.67. The molecule has 0 unspecified atom stereocenters. The molecule has 36 heavy (non-hydrogen) atoms. The summed E-state index contributed by atoms with van der Waals surface area (Å²) in [4.78, 5) is 16.4. The van der Waals surface area contributed by atoms with E-state index in [1.54, 1.807) is 18.2 Å². The number of benzene rings is 1. The summed E-state index contributed by atoms with van der Waals surface area (Å²) in [5, 5.41) is 12.9. The van der Waals surface area contributed by atoms with Gasteiger partial charge in [-0.1, -0.05) is 17.7 Å². The highest BCUT2D eigenvalue weighted by Gasteiger charge is 2.40. The van der Waals surface area contributed by atoms with E-state index < -0.39 is 28.0 Å². The van der Waals surface area contributed by atoms with E-state index in [4.69, 9.17) is 4.98 Å². The average molecular weight is 522 g/mol. The van der Waals surface area contributed by atoms with E-state index in [1.807, 2.05) is 19.1 Å². The van der Waals surface area contributed by atoms with E-state index in [0.29, 0.717) is 49.9 Å². The molecule has 4 rings (SSSR count). The Balaban J connectivity index is 1.48. The number of sulfonamides is 1. The number of carbonyl (C=O) groups is 1. The summed E-state index contributed by atoms with van der Waals surface area (Å²) < 4.78 is 54.8. The quantitative estimate of drug-likeness (QED) is 0.475. The van der Waals surface area contributed by atoms with Gasteiger partial charge in [0.15, 0.2) is 0 Å². The van der Waals surface area contributed by atoms with Gasteiger partial charge < -0.3 is 10.4 Å². The molecule has 2 aliphatic rings. The molecule has 2 heterocycles. The van der Waals surface area contributed by atoms with Gasteiger partial charge in [-0.05, 0) is 76.3 Å². The molecule has 1 atom stereocenters. The third kappa shape index (κ3) is 6.10. The number of carboxylic acids is 1. The number of halogens is 2. The molecule has 1 aromatic heterocycles. The van der Waals surface area contributed by atoms with Crippen molar-refractivity contribution in [2.24, 2.45) is 0 Å². The first kappa shape index (κ1) is 26.6. The van der Waals surface area contributed by atoms with Crippen molar-refractivity contribution in [2.75, 3.05) is 13.1 Å². The Hall–Kier alpha value is -2.43. The van der Waals surface area contributed by atoms with E-state index in [9.17, 15) is 27.1 Å². The topological polar surface area (TPSA) is 99.6 Å². The number of hydrogen-bond acceptors (Lipinski definition) is 5. The molecule has 1 saturated carbocycles. The number of hydrogen-bond donors (Lipinski definition) is 2. The molecule has 7 nitrogen and oxygen atoms in total. The van der Waals surface area contributed by atoms with Crippen LogP contribution < -0.4 is 5.32 Å². The fourth-order valence-corrected chi connectivity index (χ4v) is 6.89. The molecule has 1 aliphatic heterocycles. The van der Waals surface area contributed by atoms with Gasteiger partial charge in [-0.25, -0.2) is 17.2 Å². The molecule has 0 spiro atoms. The highest BCUT2D eigenvalue weighted by molar-refractivity contribution is 7.89. The number of pyridine rings is 1. The van der Waals surface area contributed by atoms with Gasteiger partial charge in [0, 0.05) is 36.7 Å². The Morgan fingerprint density at radius 2 is 1.94 bits per heavy atom. The zero-order valence-electron chi connectivity index (χ0n) is 20.4. The van der Waals surface area contributed by atoms with E-state index in [1.165, 1.54) is 6.07 Å². The number of carboxylic acid groups (broad SMARTS) is 1. The number of nitrogens with zero attached hydrogens (tertiary/aromatic N) is 2. The van der Waals surface area contributed by atoms with Crippen LogP contribution in [0.1, 0.15) is 56.2 Å². The lowest BCUT2D eigenvalue weighted by atomic mass is 9.92. The van der Waals surface area contributed by atoms with E-state index in [2.05, 4.69) is 5.32 Å². The molecular formula is C26H33F2N3O4S. The molecule has 1 aliphatic carbocycles. The number of aromatic nitrogens is 1. The largest absolute Gasteiger partial charge is 0.480 e. The number of aliphatic carboxylic acids is 1. The minimum absolute atomic E-state index is 0.0571. The van der Waals surface area contributed by atoms with Crippen molar-refractivity contribution in [3.05, 3.63) is 47.7 Å². The summed E-state index contributed by atoms with van der Waals surface area (Å²) in [5.41, 5.74) is 2.64. The fraction of sp³-hybridized carbons (Fsp3) is 0.538. The van der Waals surface area contributed by atoms with E-state index >= 15 is 0 Å². The molecule has 0 bridgehead atoms. The molecule has 0 radical (unpaired) electrons. The van der Waals surface area contributed by atoms with Gasteiger partial charge in [0.2, 0.25) is 15.9 Å². The summed E-state index contributed by atoms with van der Waals surface area (Å²) in [7, 11) is -4.03. The zero-order valence-corrected chi connectivity index (χ0v) is 21.2. The van der Waals surface area contributed by atoms with Gasteiger partial charge in [0.25, 0.3) is 0 Å². The van der Waals surface area contributed by atoms with Crippen LogP contribution >= 0.6 is 0 Å². The summed E-state index contributed by atoms with van der Waals surface area (Å²) in [6, 6.07) is 9.54. The molecule has 2 N–H and O–H groups in total. The minimum Gasteiger partial charge on any atom is -0.480 e. The van der Waals surface area contributed by atoms with Crippen molar-refractivity contribution < 1.29 is 27.1 Å². The third-order valence-corrected chi connectivity index (χ3v) is 9.02. The Labute approximate surface area is 211 Å². The van der Waals surface area contributed by atoms with Gasteiger partial charge >= 0.3 is 5.97 Å². The number of aryl methyl sites for hydroxylation is 2. The molecule has 2 fully saturated rings. The lowest BCUT2D eigenvalue weighted by Gasteiger charge is -2.28. The lowest BCUT2D eigenvalue weighted by Crippen LogP contribution is -2.40. The maximum absolute atomic E-state index is 13.5. The first-order valence-electron chi connectivity index (χ1n) is 12.5. The van der Waals surface area contributed by atoms with Crippen LogP contribution in [0.15, 0.2) is 41.3 Å².